The van der Waals surface area contributed by atoms with Gasteiger partial charge in [-0.3, -0.25) is 0 Å². The number of carbonyl (C=O) groups excluding carboxylic acids is 2. The molecule has 0 saturated heterocycles. The molecule has 2 aliphatic rings. The van der Waals surface area contributed by atoms with Gasteiger partial charge in [-0.15, -0.1) is 11.3 Å². The van der Waals surface area contributed by atoms with Crippen molar-refractivity contribution >= 4 is 23.3 Å². The summed E-state index contributed by atoms with van der Waals surface area (Å²) in [6.07, 6.45) is 4.52. The highest BCUT2D eigenvalue weighted by Crippen LogP contribution is 2.35. The lowest BCUT2D eigenvalue weighted by molar-refractivity contribution is 0.0485. The second kappa shape index (κ2) is 7.00. The van der Waals surface area contributed by atoms with E-state index in [0.717, 1.165) is 36.8 Å². The van der Waals surface area contributed by atoms with Gasteiger partial charge in [0.25, 0.3) is 0 Å². The van der Waals surface area contributed by atoms with Crippen molar-refractivity contribution in [1.82, 2.24) is 0 Å². The average molecular weight is 356 g/mol. The summed E-state index contributed by atoms with van der Waals surface area (Å²) in [6.45, 7) is 0.936. The van der Waals surface area contributed by atoms with Crippen LogP contribution in [-0.4, -0.2) is 25.2 Å². The molecule has 130 valence electrons. The van der Waals surface area contributed by atoms with Crippen molar-refractivity contribution in [1.29, 1.82) is 0 Å². The molecule has 0 N–H and O–H groups in total. The SMILES string of the molecule is O=C(OCC1CC1)c1cc(-c2ccccc2)c(C(=O)OCC2CC2)s1. The number of ether oxygens (including phenoxy) is 2. The van der Waals surface area contributed by atoms with Gasteiger partial charge in [-0.2, -0.15) is 0 Å². The van der Waals surface area contributed by atoms with Gasteiger partial charge in [-0.25, -0.2) is 9.59 Å². The molecule has 0 radical (unpaired) electrons. The second-order valence-electron chi connectivity index (χ2n) is 6.80. The fraction of sp³-hybridized carbons (Fsp3) is 0.400. The molecule has 0 spiro atoms. The monoisotopic (exact) mass is 356 g/mol. The normalized spacial score (nSPS) is 16.5. The van der Waals surface area contributed by atoms with Crippen molar-refractivity contribution in [2.24, 2.45) is 11.8 Å². The Bertz CT molecular complexity index is 772. The Morgan fingerprint density at radius 3 is 2.12 bits per heavy atom. The van der Waals surface area contributed by atoms with Crippen LogP contribution in [0.3, 0.4) is 0 Å². The summed E-state index contributed by atoms with van der Waals surface area (Å²) < 4.78 is 10.8. The predicted octanol–water partition coefficient (Wildman–Crippen LogP) is 4.55. The van der Waals surface area contributed by atoms with Crippen molar-refractivity contribution in [3.63, 3.8) is 0 Å². The summed E-state index contributed by atoms with van der Waals surface area (Å²) in [4.78, 5) is 25.8. The van der Waals surface area contributed by atoms with Gasteiger partial charge in [0.2, 0.25) is 0 Å². The third-order valence-corrected chi connectivity index (χ3v) is 5.59. The number of rotatable bonds is 7. The minimum Gasteiger partial charge on any atom is -0.461 e. The quantitative estimate of drug-likeness (QED) is 0.683. The topological polar surface area (TPSA) is 52.6 Å². The molecule has 0 atom stereocenters. The molecule has 5 heteroatoms. The van der Waals surface area contributed by atoms with E-state index in [1.165, 1.54) is 11.3 Å². The van der Waals surface area contributed by atoms with Gasteiger partial charge in [0.15, 0.2) is 0 Å². The minimum atomic E-state index is -0.352. The van der Waals surface area contributed by atoms with Crippen LogP contribution in [0.2, 0.25) is 0 Å². The van der Waals surface area contributed by atoms with Crippen LogP contribution in [-0.2, 0) is 9.47 Å². The fourth-order valence-corrected chi connectivity index (χ4v) is 3.54. The molecule has 0 unspecified atom stereocenters. The molecular weight excluding hydrogens is 336 g/mol. The number of thiophene rings is 1. The van der Waals surface area contributed by atoms with Crippen molar-refractivity contribution in [2.75, 3.05) is 13.2 Å². The zero-order valence-electron chi connectivity index (χ0n) is 13.9. The standard InChI is InChI=1S/C20H20O4S/c21-19(23-11-13-6-7-13)17-10-16(15-4-2-1-3-5-15)18(25-17)20(22)24-12-14-8-9-14/h1-5,10,13-14H,6-9,11-12H2. The summed E-state index contributed by atoms with van der Waals surface area (Å²) in [5.74, 6) is 0.319. The Kier molecular flexibility index (Phi) is 4.57. The largest absolute Gasteiger partial charge is 0.461 e. The van der Waals surface area contributed by atoms with E-state index in [0.29, 0.717) is 34.8 Å². The zero-order chi connectivity index (χ0) is 17.2. The lowest BCUT2D eigenvalue weighted by Crippen LogP contribution is -2.07. The van der Waals surface area contributed by atoms with Crippen LogP contribution in [0.25, 0.3) is 11.1 Å². The van der Waals surface area contributed by atoms with E-state index in [1.807, 2.05) is 30.3 Å². The van der Waals surface area contributed by atoms with Crippen molar-refractivity contribution in [2.45, 2.75) is 25.7 Å². The van der Waals surface area contributed by atoms with E-state index in [4.69, 9.17) is 9.47 Å². The van der Waals surface area contributed by atoms with E-state index < -0.39 is 0 Å². The molecule has 4 rings (SSSR count). The maximum Gasteiger partial charge on any atom is 0.348 e. The van der Waals surface area contributed by atoms with E-state index in [9.17, 15) is 9.59 Å². The smallest absolute Gasteiger partial charge is 0.348 e. The van der Waals surface area contributed by atoms with Gasteiger partial charge in [0.05, 0.1) is 13.2 Å². The first kappa shape index (κ1) is 16.3. The van der Waals surface area contributed by atoms with Crippen LogP contribution in [0.5, 0.6) is 0 Å². The molecule has 1 heterocycles. The van der Waals surface area contributed by atoms with Crippen molar-refractivity contribution in [3.05, 3.63) is 46.2 Å². The fourth-order valence-electron chi connectivity index (χ4n) is 2.57. The molecule has 4 nitrogen and oxygen atoms in total. The first-order valence-electron chi connectivity index (χ1n) is 8.74. The molecule has 0 bridgehead atoms. The van der Waals surface area contributed by atoms with E-state index in [-0.39, 0.29) is 11.9 Å². The number of carbonyl (C=O) groups is 2. The van der Waals surface area contributed by atoms with Crippen LogP contribution in [0.1, 0.15) is 45.0 Å². The van der Waals surface area contributed by atoms with E-state index >= 15 is 0 Å². The lowest BCUT2D eigenvalue weighted by atomic mass is 10.1. The highest BCUT2D eigenvalue weighted by molar-refractivity contribution is 7.16. The molecule has 0 aliphatic heterocycles. The molecular formula is C20H20O4S. The molecule has 1 aromatic heterocycles. The maximum atomic E-state index is 12.5. The van der Waals surface area contributed by atoms with Gasteiger partial charge in [-0.1, -0.05) is 30.3 Å². The molecule has 0 amide bonds. The number of hydrogen-bond acceptors (Lipinski definition) is 5. The van der Waals surface area contributed by atoms with Crippen LogP contribution in [0.15, 0.2) is 36.4 Å². The Labute approximate surface area is 150 Å². The van der Waals surface area contributed by atoms with E-state index in [2.05, 4.69) is 0 Å². The minimum absolute atomic E-state index is 0.350. The number of benzene rings is 1. The third-order valence-electron chi connectivity index (χ3n) is 4.50. The highest BCUT2D eigenvalue weighted by Gasteiger charge is 2.28. The van der Waals surface area contributed by atoms with Gasteiger partial charge < -0.3 is 9.47 Å². The average Bonchev–Trinajstić information content (AvgIpc) is 3.56. The Hall–Kier alpha value is -2.14. The number of hydrogen-bond donors (Lipinski definition) is 0. The summed E-state index contributed by atoms with van der Waals surface area (Å²) in [5, 5.41) is 0. The lowest BCUT2D eigenvalue weighted by Gasteiger charge is -2.04. The van der Waals surface area contributed by atoms with Gasteiger partial charge in [0, 0.05) is 5.56 Å². The van der Waals surface area contributed by atoms with Gasteiger partial charge >= 0.3 is 11.9 Å². The van der Waals surface area contributed by atoms with Gasteiger partial charge in [0.1, 0.15) is 9.75 Å². The zero-order valence-corrected chi connectivity index (χ0v) is 14.7. The predicted molar refractivity (Wildman–Crippen MR) is 95.8 cm³/mol. The summed E-state index contributed by atoms with van der Waals surface area (Å²) in [5.41, 5.74) is 1.64. The molecule has 2 fully saturated rings. The third kappa shape index (κ3) is 4.10. The Morgan fingerprint density at radius 1 is 0.920 bits per heavy atom. The van der Waals surface area contributed by atoms with Gasteiger partial charge in [-0.05, 0) is 49.1 Å². The van der Waals surface area contributed by atoms with E-state index in [1.54, 1.807) is 6.07 Å². The van der Waals surface area contributed by atoms with Crippen molar-refractivity contribution < 1.29 is 19.1 Å². The van der Waals surface area contributed by atoms with Crippen LogP contribution in [0, 0.1) is 11.8 Å². The first-order chi connectivity index (χ1) is 12.2. The van der Waals surface area contributed by atoms with Crippen LogP contribution >= 0.6 is 11.3 Å². The second-order valence-corrected chi connectivity index (χ2v) is 7.86. The van der Waals surface area contributed by atoms with Crippen molar-refractivity contribution in [3.8, 4) is 11.1 Å². The first-order valence-corrected chi connectivity index (χ1v) is 9.56. The van der Waals surface area contributed by atoms with Crippen LogP contribution in [0.4, 0.5) is 0 Å². The van der Waals surface area contributed by atoms with Crippen LogP contribution < -0.4 is 0 Å². The Morgan fingerprint density at radius 2 is 1.52 bits per heavy atom. The summed E-state index contributed by atoms with van der Waals surface area (Å²) >= 11 is 1.17. The molecule has 2 aromatic rings. The maximum absolute atomic E-state index is 12.5. The molecule has 2 aliphatic carbocycles. The molecule has 2 saturated carbocycles. The Balaban J connectivity index is 1.57. The molecule has 1 aromatic carbocycles. The number of esters is 2. The summed E-state index contributed by atoms with van der Waals surface area (Å²) in [7, 11) is 0. The molecule has 25 heavy (non-hydrogen) atoms. The summed E-state index contributed by atoms with van der Waals surface area (Å²) in [6, 6.07) is 11.4. The highest BCUT2D eigenvalue weighted by atomic mass is 32.1.